The Bertz CT molecular complexity index is 410. The topological polar surface area (TPSA) is 41.1 Å². The van der Waals surface area contributed by atoms with Crippen LogP contribution in [0.5, 0.6) is 0 Å². The average Bonchev–Trinajstić information content (AvgIpc) is 2.37. The molecule has 1 unspecified atom stereocenters. The zero-order valence-corrected chi connectivity index (χ0v) is 12.6. The fraction of sp³-hybridized carbons (Fsp3) is 0.714. The smallest absolute Gasteiger partial charge is 0.134 e. The minimum absolute atomic E-state index is 0.526. The highest BCUT2D eigenvalue weighted by Gasteiger charge is 2.18. The molecule has 0 bridgehead atoms. The lowest BCUT2D eigenvalue weighted by Gasteiger charge is -2.32. The summed E-state index contributed by atoms with van der Waals surface area (Å²) in [6, 6.07) is 2.40. The summed E-state index contributed by atoms with van der Waals surface area (Å²) in [4.78, 5) is 11.2. The maximum atomic E-state index is 6.03. The highest BCUT2D eigenvalue weighted by molar-refractivity contribution is 6.29. The van der Waals surface area contributed by atoms with Crippen LogP contribution in [0.1, 0.15) is 38.4 Å². The maximum Gasteiger partial charge on any atom is 0.134 e. The van der Waals surface area contributed by atoms with Crippen LogP contribution in [0.15, 0.2) is 6.07 Å². The van der Waals surface area contributed by atoms with E-state index in [4.69, 9.17) is 11.6 Å². The number of nitrogens with one attached hydrogen (secondary N) is 1. The van der Waals surface area contributed by atoms with Gasteiger partial charge in [0, 0.05) is 25.1 Å². The van der Waals surface area contributed by atoms with Crippen LogP contribution < -0.4 is 5.32 Å². The number of anilines is 1. The van der Waals surface area contributed by atoms with Gasteiger partial charge in [0.15, 0.2) is 0 Å². The Kier molecular flexibility index (Phi) is 5.40. The van der Waals surface area contributed by atoms with E-state index in [1.807, 2.05) is 6.07 Å². The van der Waals surface area contributed by atoms with Gasteiger partial charge in [-0.15, -0.1) is 0 Å². The summed E-state index contributed by atoms with van der Waals surface area (Å²) in [6.45, 7) is 4.24. The molecule has 1 aromatic rings. The Hall–Kier alpha value is -0.870. The summed E-state index contributed by atoms with van der Waals surface area (Å²) in [5, 5.41) is 3.93. The second-order valence-electron chi connectivity index (χ2n) is 5.25. The molecule has 1 atom stereocenters. The maximum absolute atomic E-state index is 6.03. The lowest BCUT2D eigenvalue weighted by atomic mass is 10.0. The van der Waals surface area contributed by atoms with Crippen LogP contribution in [0, 0.1) is 0 Å². The summed E-state index contributed by atoms with van der Waals surface area (Å²) in [6.07, 6.45) is 5.79. The van der Waals surface area contributed by atoms with E-state index < -0.39 is 0 Å². The zero-order valence-electron chi connectivity index (χ0n) is 11.8. The van der Waals surface area contributed by atoms with Gasteiger partial charge in [0.1, 0.15) is 16.8 Å². The molecular formula is C14H23ClN4. The van der Waals surface area contributed by atoms with Crippen molar-refractivity contribution in [2.24, 2.45) is 0 Å². The van der Waals surface area contributed by atoms with Gasteiger partial charge in [-0.1, -0.05) is 24.9 Å². The largest absolute Gasteiger partial charge is 0.368 e. The van der Waals surface area contributed by atoms with Gasteiger partial charge in [0.2, 0.25) is 0 Å². The van der Waals surface area contributed by atoms with E-state index in [0.717, 1.165) is 31.0 Å². The minimum atomic E-state index is 0.526. The number of likely N-dealkylation sites (tertiary alicyclic amines) is 1. The van der Waals surface area contributed by atoms with Crippen molar-refractivity contribution in [3.8, 4) is 0 Å². The molecule has 0 saturated carbocycles. The lowest BCUT2D eigenvalue weighted by molar-refractivity contribution is 0.194. The molecule has 1 saturated heterocycles. The van der Waals surface area contributed by atoms with Gasteiger partial charge < -0.3 is 10.2 Å². The summed E-state index contributed by atoms with van der Waals surface area (Å²) in [5.74, 6) is 1.68. The van der Waals surface area contributed by atoms with E-state index in [-0.39, 0.29) is 0 Å². The van der Waals surface area contributed by atoms with Crippen LogP contribution >= 0.6 is 11.6 Å². The van der Waals surface area contributed by atoms with Crippen molar-refractivity contribution in [1.82, 2.24) is 14.9 Å². The number of aryl methyl sites for hydroxylation is 1. The van der Waals surface area contributed by atoms with Crippen molar-refractivity contribution in [2.45, 2.75) is 45.1 Å². The van der Waals surface area contributed by atoms with Crippen LogP contribution in [-0.4, -0.2) is 41.0 Å². The van der Waals surface area contributed by atoms with E-state index in [9.17, 15) is 0 Å². The Morgan fingerprint density at radius 1 is 1.42 bits per heavy atom. The molecule has 0 aliphatic carbocycles. The first-order chi connectivity index (χ1) is 9.19. The summed E-state index contributed by atoms with van der Waals surface area (Å²) < 4.78 is 0. The Morgan fingerprint density at radius 3 is 3.00 bits per heavy atom. The fourth-order valence-electron chi connectivity index (χ4n) is 2.52. The molecule has 1 aromatic heterocycles. The molecule has 0 radical (unpaired) electrons. The van der Waals surface area contributed by atoms with Crippen LogP contribution in [0.25, 0.3) is 0 Å². The quantitative estimate of drug-likeness (QED) is 0.843. The average molecular weight is 283 g/mol. The van der Waals surface area contributed by atoms with Crippen LogP contribution in [-0.2, 0) is 6.42 Å². The molecule has 5 heteroatoms. The number of likely N-dealkylation sites (N-methyl/N-ethyl adjacent to an activating group) is 1. The van der Waals surface area contributed by atoms with Gasteiger partial charge in [-0.05, 0) is 32.9 Å². The molecule has 1 aliphatic rings. The second kappa shape index (κ2) is 7.06. The molecule has 4 nitrogen and oxygen atoms in total. The third kappa shape index (κ3) is 4.32. The fourth-order valence-corrected chi connectivity index (χ4v) is 2.72. The SMILES string of the molecule is CCCc1nc(Cl)cc(NCC2CCCCN2C)n1. The highest BCUT2D eigenvalue weighted by Crippen LogP contribution is 2.17. The van der Waals surface area contributed by atoms with Gasteiger partial charge >= 0.3 is 0 Å². The predicted molar refractivity (Wildman–Crippen MR) is 79.8 cm³/mol. The Labute approximate surface area is 120 Å². The van der Waals surface area contributed by atoms with Gasteiger partial charge in [0.25, 0.3) is 0 Å². The van der Waals surface area contributed by atoms with Crippen molar-refractivity contribution in [3.05, 3.63) is 17.0 Å². The summed E-state index contributed by atoms with van der Waals surface area (Å²) in [5.41, 5.74) is 0. The summed E-state index contributed by atoms with van der Waals surface area (Å²) in [7, 11) is 2.20. The molecule has 106 valence electrons. The number of halogens is 1. The number of rotatable bonds is 5. The molecular weight excluding hydrogens is 260 g/mol. The normalized spacial score (nSPS) is 20.5. The predicted octanol–water partition coefficient (Wildman–Crippen LogP) is 2.98. The van der Waals surface area contributed by atoms with Crippen LogP contribution in [0.4, 0.5) is 5.82 Å². The Morgan fingerprint density at radius 2 is 2.26 bits per heavy atom. The number of hydrogen-bond acceptors (Lipinski definition) is 4. The molecule has 1 aliphatic heterocycles. The highest BCUT2D eigenvalue weighted by atomic mass is 35.5. The second-order valence-corrected chi connectivity index (χ2v) is 5.64. The summed E-state index contributed by atoms with van der Waals surface area (Å²) >= 11 is 6.03. The Balaban J connectivity index is 1.94. The molecule has 1 N–H and O–H groups in total. The van der Waals surface area contributed by atoms with E-state index in [0.29, 0.717) is 11.2 Å². The van der Waals surface area contributed by atoms with Crippen LogP contribution in [0.2, 0.25) is 5.15 Å². The van der Waals surface area contributed by atoms with Crippen molar-refractivity contribution in [3.63, 3.8) is 0 Å². The monoisotopic (exact) mass is 282 g/mol. The van der Waals surface area contributed by atoms with E-state index in [1.54, 1.807) is 0 Å². The van der Waals surface area contributed by atoms with Gasteiger partial charge in [-0.2, -0.15) is 0 Å². The van der Waals surface area contributed by atoms with Crippen molar-refractivity contribution < 1.29 is 0 Å². The lowest BCUT2D eigenvalue weighted by Crippen LogP contribution is -2.40. The van der Waals surface area contributed by atoms with Gasteiger partial charge in [-0.3, -0.25) is 0 Å². The third-order valence-electron chi connectivity index (χ3n) is 3.66. The van der Waals surface area contributed by atoms with E-state index in [2.05, 4.69) is 34.2 Å². The molecule has 0 amide bonds. The first-order valence-electron chi connectivity index (χ1n) is 7.16. The van der Waals surface area contributed by atoms with Crippen molar-refractivity contribution in [1.29, 1.82) is 0 Å². The molecule has 0 spiro atoms. The standard InChI is InChI=1S/C14H23ClN4/c1-3-6-13-17-12(15)9-14(18-13)16-10-11-7-4-5-8-19(11)2/h9,11H,3-8,10H2,1-2H3,(H,16,17,18). The first kappa shape index (κ1) is 14.5. The third-order valence-corrected chi connectivity index (χ3v) is 3.85. The number of aromatic nitrogens is 2. The van der Waals surface area contributed by atoms with Gasteiger partial charge in [0.05, 0.1) is 0 Å². The minimum Gasteiger partial charge on any atom is -0.368 e. The number of hydrogen-bond donors (Lipinski definition) is 1. The van der Waals surface area contributed by atoms with Gasteiger partial charge in [-0.25, -0.2) is 9.97 Å². The molecule has 19 heavy (non-hydrogen) atoms. The van der Waals surface area contributed by atoms with Crippen LogP contribution in [0.3, 0.4) is 0 Å². The van der Waals surface area contributed by atoms with Crippen molar-refractivity contribution in [2.75, 3.05) is 25.5 Å². The van der Waals surface area contributed by atoms with E-state index in [1.165, 1.54) is 25.8 Å². The zero-order chi connectivity index (χ0) is 13.7. The number of nitrogens with zero attached hydrogens (tertiary/aromatic N) is 3. The molecule has 2 rings (SSSR count). The first-order valence-corrected chi connectivity index (χ1v) is 7.54. The molecule has 1 fully saturated rings. The molecule has 0 aromatic carbocycles. The number of piperidine rings is 1. The van der Waals surface area contributed by atoms with E-state index >= 15 is 0 Å². The van der Waals surface area contributed by atoms with Crippen molar-refractivity contribution >= 4 is 17.4 Å². The molecule has 2 heterocycles.